The maximum atomic E-state index is 12.7. The van der Waals surface area contributed by atoms with Gasteiger partial charge >= 0.3 is 0 Å². The average molecular weight is 487 g/mol. The van der Waals surface area contributed by atoms with Gasteiger partial charge in [0.25, 0.3) is 11.8 Å². The summed E-state index contributed by atoms with van der Waals surface area (Å²) < 4.78 is 4.91. The Morgan fingerprint density at radius 1 is 0.971 bits per heavy atom. The molecule has 3 rings (SSSR count). The van der Waals surface area contributed by atoms with Crippen LogP contribution in [-0.2, 0) is 9.53 Å². The second-order valence-electron chi connectivity index (χ2n) is 8.23. The molecule has 1 saturated carbocycles. The van der Waals surface area contributed by atoms with Crippen LogP contribution in [0.15, 0.2) is 42.5 Å². The van der Waals surface area contributed by atoms with Crippen molar-refractivity contribution in [2.75, 3.05) is 37.4 Å². The van der Waals surface area contributed by atoms with Crippen molar-refractivity contribution in [2.24, 2.45) is 0 Å². The zero-order valence-electron chi connectivity index (χ0n) is 19.3. The van der Waals surface area contributed by atoms with Gasteiger partial charge in [-0.3, -0.25) is 14.4 Å². The number of rotatable bonds is 10. The van der Waals surface area contributed by atoms with Gasteiger partial charge in [0.15, 0.2) is 0 Å². The first kappa shape index (κ1) is 25.5. The molecule has 0 atom stereocenters. The third-order valence-electron chi connectivity index (χ3n) is 5.63. The number of ether oxygens (including phenoxy) is 1. The molecular formula is C25H31ClN4O4. The summed E-state index contributed by atoms with van der Waals surface area (Å²) in [7, 11) is 1.57. The molecule has 34 heavy (non-hydrogen) atoms. The van der Waals surface area contributed by atoms with Crippen molar-refractivity contribution in [1.29, 1.82) is 0 Å². The lowest BCUT2D eigenvalue weighted by atomic mass is 9.95. The van der Waals surface area contributed by atoms with Crippen molar-refractivity contribution in [2.45, 2.75) is 38.1 Å². The summed E-state index contributed by atoms with van der Waals surface area (Å²) in [4.78, 5) is 37.1. The molecule has 0 spiro atoms. The summed E-state index contributed by atoms with van der Waals surface area (Å²) in [6.45, 7) is 0.899. The summed E-state index contributed by atoms with van der Waals surface area (Å²) >= 11 is 6.24. The lowest BCUT2D eigenvalue weighted by Gasteiger charge is -2.23. The molecule has 1 aliphatic carbocycles. The Balaban J connectivity index is 1.50. The second-order valence-corrected chi connectivity index (χ2v) is 8.64. The molecule has 1 fully saturated rings. The highest BCUT2D eigenvalue weighted by atomic mass is 35.5. The van der Waals surface area contributed by atoms with Gasteiger partial charge in [0.2, 0.25) is 5.91 Å². The second kappa shape index (κ2) is 13.0. The highest BCUT2D eigenvalue weighted by molar-refractivity contribution is 6.34. The summed E-state index contributed by atoms with van der Waals surface area (Å²) in [5, 5.41) is 11.9. The maximum absolute atomic E-state index is 12.7. The predicted octanol–water partition coefficient (Wildman–Crippen LogP) is 3.83. The third-order valence-corrected chi connectivity index (χ3v) is 5.96. The normalized spacial score (nSPS) is 13.7. The van der Waals surface area contributed by atoms with Crippen LogP contribution in [0.2, 0.25) is 5.02 Å². The number of benzene rings is 2. The van der Waals surface area contributed by atoms with Crippen molar-refractivity contribution in [3.8, 4) is 0 Å². The van der Waals surface area contributed by atoms with Crippen LogP contribution >= 0.6 is 11.6 Å². The number of amides is 3. The molecule has 4 N–H and O–H groups in total. The Kier molecular flexibility index (Phi) is 9.73. The molecule has 182 valence electrons. The van der Waals surface area contributed by atoms with E-state index in [0.717, 1.165) is 25.7 Å². The summed E-state index contributed by atoms with van der Waals surface area (Å²) in [5.41, 5.74) is 2.06. The number of methoxy groups -OCH3 is 1. The predicted molar refractivity (Wildman–Crippen MR) is 134 cm³/mol. The van der Waals surface area contributed by atoms with Crippen molar-refractivity contribution >= 4 is 40.7 Å². The van der Waals surface area contributed by atoms with E-state index in [2.05, 4.69) is 21.3 Å². The molecule has 8 nitrogen and oxygen atoms in total. The van der Waals surface area contributed by atoms with Crippen LogP contribution in [0.5, 0.6) is 0 Å². The molecule has 0 saturated heterocycles. The Labute approximate surface area is 204 Å². The number of halogens is 1. The fourth-order valence-electron chi connectivity index (χ4n) is 3.78. The summed E-state index contributed by atoms with van der Waals surface area (Å²) in [6, 6.07) is 11.9. The fourth-order valence-corrected chi connectivity index (χ4v) is 3.99. The van der Waals surface area contributed by atoms with Crippen molar-refractivity contribution in [3.05, 3.63) is 58.6 Å². The van der Waals surface area contributed by atoms with Gasteiger partial charge in [0.05, 0.1) is 23.7 Å². The van der Waals surface area contributed by atoms with Gasteiger partial charge in [0.1, 0.15) is 0 Å². The summed E-state index contributed by atoms with van der Waals surface area (Å²) in [5.74, 6) is -0.688. The minimum Gasteiger partial charge on any atom is -0.383 e. The molecular weight excluding hydrogens is 456 g/mol. The largest absolute Gasteiger partial charge is 0.383 e. The Morgan fingerprint density at radius 3 is 2.38 bits per heavy atom. The molecule has 0 radical (unpaired) electrons. The SMILES string of the molecule is COCCNC(=O)c1ccc(NCC(=O)Nc2ccc(Cl)c(C(=O)NC3CCCCC3)c2)cc1. The van der Waals surface area contributed by atoms with Crippen molar-refractivity contribution in [1.82, 2.24) is 10.6 Å². The molecule has 3 amide bonds. The zero-order valence-corrected chi connectivity index (χ0v) is 20.0. The van der Waals surface area contributed by atoms with Gasteiger partial charge in [-0.2, -0.15) is 0 Å². The first-order valence-electron chi connectivity index (χ1n) is 11.5. The van der Waals surface area contributed by atoms with Gasteiger partial charge in [0, 0.05) is 36.6 Å². The minimum absolute atomic E-state index is 0.0195. The Hall–Kier alpha value is -3.10. The van der Waals surface area contributed by atoms with Gasteiger partial charge < -0.3 is 26.0 Å². The molecule has 2 aromatic carbocycles. The summed E-state index contributed by atoms with van der Waals surface area (Å²) in [6.07, 6.45) is 5.39. The average Bonchev–Trinajstić information content (AvgIpc) is 2.85. The van der Waals surface area contributed by atoms with Gasteiger partial charge in [-0.05, 0) is 55.3 Å². The zero-order chi connectivity index (χ0) is 24.3. The Bertz CT molecular complexity index is 991. The molecule has 0 unspecified atom stereocenters. The molecule has 0 heterocycles. The van der Waals surface area contributed by atoms with Crippen LogP contribution in [-0.4, -0.2) is 50.6 Å². The fraction of sp³-hybridized carbons (Fsp3) is 0.400. The van der Waals surface area contributed by atoms with Gasteiger partial charge in [-0.15, -0.1) is 0 Å². The standard InChI is InChI=1S/C25H31ClN4O4/c1-34-14-13-27-24(32)17-7-9-18(10-8-17)28-16-23(31)29-20-11-12-22(26)21(15-20)25(33)30-19-5-3-2-4-6-19/h7-12,15,19,28H,2-6,13-14,16H2,1H3,(H,27,32)(H,29,31)(H,30,33). The number of carbonyl (C=O) groups excluding carboxylic acids is 3. The third kappa shape index (κ3) is 7.74. The van der Waals surface area contributed by atoms with E-state index in [0.29, 0.717) is 40.7 Å². The van der Waals surface area contributed by atoms with E-state index in [1.165, 1.54) is 6.42 Å². The smallest absolute Gasteiger partial charge is 0.253 e. The monoisotopic (exact) mass is 486 g/mol. The maximum Gasteiger partial charge on any atom is 0.253 e. The van der Waals surface area contributed by atoms with Crippen LogP contribution in [0, 0.1) is 0 Å². The quantitative estimate of drug-likeness (QED) is 0.382. The first-order valence-corrected chi connectivity index (χ1v) is 11.9. The van der Waals surface area contributed by atoms with Crippen LogP contribution in [0.1, 0.15) is 52.8 Å². The topological polar surface area (TPSA) is 109 Å². The van der Waals surface area contributed by atoms with E-state index in [1.54, 1.807) is 49.6 Å². The number of anilines is 2. The number of carbonyl (C=O) groups is 3. The first-order chi connectivity index (χ1) is 16.5. The lowest BCUT2D eigenvalue weighted by molar-refractivity contribution is -0.114. The number of hydrogen-bond acceptors (Lipinski definition) is 5. The molecule has 2 aromatic rings. The van der Waals surface area contributed by atoms with E-state index >= 15 is 0 Å². The van der Waals surface area contributed by atoms with Crippen LogP contribution in [0.3, 0.4) is 0 Å². The van der Waals surface area contributed by atoms with Gasteiger partial charge in [-0.1, -0.05) is 30.9 Å². The molecule has 0 bridgehead atoms. The molecule has 1 aliphatic rings. The lowest BCUT2D eigenvalue weighted by Crippen LogP contribution is -2.36. The Morgan fingerprint density at radius 2 is 1.68 bits per heavy atom. The van der Waals surface area contributed by atoms with E-state index in [4.69, 9.17) is 16.3 Å². The molecule has 9 heteroatoms. The van der Waals surface area contributed by atoms with Crippen LogP contribution in [0.25, 0.3) is 0 Å². The van der Waals surface area contributed by atoms with Crippen LogP contribution < -0.4 is 21.3 Å². The van der Waals surface area contributed by atoms with E-state index in [9.17, 15) is 14.4 Å². The highest BCUT2D eigenvalue weighted by Gasteiger charge is 2.19. The minimum atomic E-state index is -0.276. The van der Waals surface area contributed by atoms with E-state index in [1.807, 2.05) is 0 Å². The number of nitrogens with one attached hydrogen (secondary N) is 4. The van der Waals surface area contributed by atoms with Crippen molar-refractivity contribution in [3.63, 3.8) is 0 Å². The highest BCUT2D eigenvalue weighted by Crippen LogP contribution is 2.23. The van der Waals surface area contributed by atoms with Crippen LogP contribution in [0.4, 0.5) is 11.4 Å². The van der Waals surface area contributed by atoms with E-state index < -0.39 is 0 Å². The van der Waals surface area contributed by atoms with Gasteiger partial charge in [-0.25, -0.2) is 0 Å². The van der Waals surface area contributed by atoms with Crippen molar-refractivity contribution < 1.29 is 19.1 Å². The molecule has 0 aromatic heterocycles. The number of hydrogen-bond donors (Lipinski definition) is 4. The van der Waals surface area contributed by atoms with E-state index in [-0.39, 0.29) is 30.3 Å². The molecule has 0 aliphatic heterocycles.